The molecule has 0 saturated heterocycles. The Morgan fingerprint density at radius 1 is 0.895 bits per heavy atom. The summed E-state index contributed by atoms with van der Waals surface area (Å²) in [6.07, 6.45) is 6.04. The molecule has 0 unspecified atom stereocenters. The van der Waals surface area contributed by atoms with E-state index in [1.165, 1.54) is 5.56 Å². The summed E-state index contributed by atoms with van der Waals surface area (Å²) in [6.45, 7) is 2.11. The van der Waals surface area contributed by atoms with Gasteiger partial charge in [0, 0.05) is 11.4 Å². The van der Waals surface area contributed by atoms with E-state index in [1.54, 1.807) is 0 Å². The van der Waals surface area contributed by atoms with E-state index >= 15 is 0 Å². The van der Waals surface area contributed by atoms with Crippen LogP contribution in [-0.4, -0.2) is 0 Å². The first-order valence-corrected chi connectivity index (χ1v) is 6.40. The van der Waals surface area contributed by atoms with E-state index in [1.807, 2.05) is 18.2 Å². The number of rotatable bonds is 3. The van der Waals surface area contributed by atoms with E-state index in [0.29, 0.717) is 0 Å². The lowest BCUT2D eigenvalue weighted by Crippen LogP contribution is -2.14. The first kappa shape index (κ1) is 11.6. The zero-order chi connectivity index (χ0) is 13.1. The molecule has 0 aromatic heterocycles. The lowest BCUT2D eigenvalue weighted by molar-refractivity contribution is 1.21. The molecule has 0 radical (unpaired) electrons. The van der Waals surface area contributed by atoms with Gasteiger partial charge in [-0.1, -0.05) is 42.1 Å². The van der Waals surface area contributed by atoms with Crippen LogP contribution in [0, 0.1) is 6.92 Å². The van der Waals surface area contributed by atoms with Crippen molar-refractivity contribution in [2.45, 2.75) is 6.92 Å². The molecule has 19 heavy (non-hydrogen) atoms. The molecule has 2 aromatic carbocycles. The van der Waals surface area contributed by atoms with Crippen molar-refractivity contribution in [3.63, 3.8) is 0 Å². The Balaban J connectivity index is 2.12. The van der Waals surface area contributed by atoms with Gasteiger partial charge in [0.25, 0.3) is 0 Å². The maximum Gasteiger partial charge on any atom is 0.0890 e. The van der Waals surface area contributed by atoms with E-state index < -0.39 is 0 Å². The Morgan fingerprint density at radius 2 is 1.68 bits per heavy atom. The fourth-order valence-electron chi connectivity index (χ4n) is 2.23. The van der Waals surface area contributed by atoms with Crippen molar-refractivity contribution >= 4 is 11.4 Å². The molecule has 1 nitrogen and oxygen atoms in total. The van der Waals surface area contributed by atoms with Gasteiger partial charge in [-0.3, -0.25) is 0 Å². The Kier molecular flexibility index (Phi) is 3.06. The van der Waals surface area contributed by atoms with Gasteiger partial charge in [-0.15, -0.1) is 0 Å². The van der Waals surface area contributed by atoms with Crippen molar-refractivity contribution < 1.29 is 0 Å². The molecule has 0 aliphatic heterocycles. The maximum atomic E-state index is 3.28. The van der Waals surface area contributed by atoms with Crippen LogP contribution in [0.25, 0.3) is 0 Å². The molecule has 0 amide bonds. The third-order valence-electron chi connectivity index (χ3n) is 3.10. The van der Waals surface area contributed by atoms with Crippen LogP contribution < -0.4 is 4.90 Å². The van der Waals surface area contributed by atoms with E-state index in [0.717, 1.165) is 17.1 Å². The number of para-hydroxylation sites is 1. The van der Waals surface area contributed by atoms with Crippen molar-refractivity contribution in [1.29, 1.82) is 0 Å². The molecule has 0 N–H and O–H groups in total. The zero-order valence-electron chi connectivity index (χ0n) is 10.9. The highest BCUT2D eigenvalue weighted by Gasteiger charge is 2.13. The van der Waals surface area contributed by atoms with Gasteiger partial charge in [0.15, 0.2) is 0 Å². The normalized spacial score (nSPS) is 12.6. The minimum atomic E-state index is 1.07. The molecule has 92 valence electrons. The van der Waals surface area contributed by atoms with Crippen LogP contribution in [-0.2, 0) is 0 Å². The topological polar surface area (TPSA) is 3.24 Å². The number of anilines is 2. The number of aryl methyl sites for hydroxylation is 1. The quantitative estimate of drug-likeness (QED) is 0.706. The van der Waals surface area contributed by atoms with Crippen LogP contribution in [0.3, 0.4) is 0 Å². The Bertz CT molecular complexity index is 674. The largest absolute Gasteiger partial charge is 0.304 e. The van der Waals surface area contributed by atoms with Crippen LogP contribution in [0.1, 0.15) is 5.56 Å². The molecule has 1 heteroatoms. The molecular weight excluding hydrogens is 230 g/mol. The lowest BCUT2D eigenvalue weighted by atomic mass is 10.1. The molecule has 2 aromatic rings. The Labute approximate surface area is 113 Å². The minimum absolute atomic E-state index is 1.07. The summed E-state index contributed by atoms with van der Waals surface area (Å²) in [5.74, 6) is 0. The molecule has 0 fully saturated rings. The summed E-state index contributed by atoms with van der Waals surface area (Å²) in [5, 5.41) is 0. The molecule has 0 bridgehead atoms. The SMILES string of the molecule is Cc1cccc(N(C2=C=CC=C2)c2ccccc2)c1. The van der Waals surface area contributed by atoms with Gasteiger partial charge < -0.3 is 4.90 Å². The maximum absolute atomic E-state index is 3.28. The van der Waals surface area contributed by atoms with Crippen LogP contribution in [0.2, 0.25) is 0 Å². The van der Waals surface area contributed by atoms with Gasteiger partial charge in [0.2, 0.25) is 0 Å². The van der Waals surface area contributed by atoms with Crippen LogP contribution >= 0.6 is 0 Å². The summed E-state index contributed by atoms with van der Waals surface area (Å²) in [7, 11) is 0. The van der Waals surface area contributed by atoms with E-state index in [-0.39, 0.29) is 0 Å². The summed E-state index contributed by atoms with van der Waals surface area (Å²) in [6, 6.07) is 18.9. The van der Waals surface area contributed by atoms with Crippen LogP contribution in [0.15, 0.2) is 84.3 Å². The second-order valence-electron chi connectivity index (χ2n) is 4.57. The summed E-state index contributed by atoms with van der Waals surface area (Å²) >= 11 is 0. The van der Waals surface area contributed by atoms with E-state index in [2.05, 4.69) is 72.2 Å². The summed E-state index contributed by atoms with van der Waals surface area (Å²) in [5.41, 5.74) is 7.91. The fourth-order valence-corrected chi connectivity index (χ4v) is 2.23. The molecule has 0 saturated carbocycles. The number of nitrogens with zero attached hydrogens (tertiary/aromatic N) is 1. The van der Waals surface area contributed by atoms with Gasteiger partial charge in [-0.05, 0) is 48.9 Å². The first-order valence-electron chi connectivity index (χ1n) is 6.40. The second kappa shape index (κ2) is 5.01. The highest BCUT2D eigenvalue weighted by Crippen LogP contribution is 2.31. The van der Waals surface area contributed by atoms with Crippen molar-refractivity contribution in [3.8, 4) is 0 Å². The lowest BCUT2D eigenvalue weighted by Gasteiger charge is -2.24. The third kappa shape index (κ3) is 2.37. The van der Waals surface area contributed by atoms with E-state index in [4.69, 9.17) is 0 Å². The summed E-state index contributed by atoms with van der Waals surface area (Å²) in [4.78, 5) is 2.22. The van der Waals surface area contributed by atoms with Crippen molar-refractivity contribution in [1.82, 2.24) is 0 Å². The number of hydrogen-bond donors (Lipinski definition) is 0. The molecule has 0 heterocycles. The first-order chi connectivity index (χ1) is 9.34. The molecule has 0 spiro atoms. The molecule has 0 atom stereocenters. The Morgan fingerprint density at radius 3 is 2.37 bits per heavy atom. The fraction of sp³-hybridized carbons (Fsp3) is 0.0556. The molecular formula is C18H15N. The second-order valence-corrected chi connectivity index (χ2v) is 4.57. The highest BCUT2D eigenvalue weighted by atomic mass is 15.1. The minimum Gasteiger partial charge on any atom is -0.304 e. The number of hydrogen-bond acceptors (Lipinski definition) is 1. The van der Waals surface area contributed by atoms with Gasteiger partial charge in [-0.25, -0.2) is 0 Å². The monoisotopic (exact) mass is 245 g/mol. The zero-order valence-corrected chi connectivity index (χ0v) is 10.9. The van der Waals surface area contributed by atoms with Gasteiger partial charge in [0.1, 0.15) is 0 Å². The molecule has 1 aliphatic rings. The standard InChI is InChI=1S/C18H15N/c1-15-8-7-13-18(14-15)19(17-11-5-6-12-17)16-9-3-2-4-10-16/h2-11,13-14H,1H3. The third-order valence-corrected chi connectivity index (χ3v) is 3.10. The van der Waals surface area contributed by atoms with Crippen molar-refractivity contribution in [2.75, 3.05) is 4.90 Å². The van der Waals surface area contributed by atoms with Gasteiger partial charge in [-0.2, -0.15) is 0 Å². The number of benzene rings is 2. The molecule has 1 aliphatic carbocycles. The Hall–Kier alpha value is -2.50. The highest BCUT2D eigenvalue weighted by molar-refractivity contribution is 5.71. The number of allylic oxidation sites excluding steroid dienone is 2. The molecule has 3 rings (SSSR count). The van der Waals surface area contributed by atoms with Gasteiger partial charge in [0.05, 0.1) is 5.70 Å². The summed E-state index contributed by atoms with van der Waals surface area (Å²) < 4.78 is 0. The average Bonchev–Trinajstić information content (AvgIpc) is 2.94. The van der Waals surface area contributed by atoms with Crippen LogP contribution in [0.5, 0.6) is 0 Å². The van der Waals surface area contributed by atoms with Crippen molar-refractivity contribution in [3.05, 3.63) is 89.8 Å². The van der Waals surface area contributed by atoms with Crippen molar-refractivity contribution in [2.24, 2.45) is 0 Å². The van der Waals surface area contributed by atoms with Gasteiger partial charge >= 0.3 is 0 Å². The van der Waals surface area contributed by atoms with E-state index in [9.17, 15) is 0 Å². The van der Waals surface area contributed by atoms with Crippen LogP contribution in [0.4, 0.5) is 11.4 Å². The predicted octanol–water partition coefficient (Wildman–Crippen LogP) is 4.74. The smallest absolute Gasteiger partial charge is 0.0890 e. The average molecular weight is 245 g/mol. The predicted molar refractivity (Wildman–Crippen MR) is 80.5 cm³/mol.